The molecule has 3 aromatic rings. The molecule has 62 valence electrons. The zero-order valence-electron chi connectivity index (χ0n) is 7.12. The molecule has 0 atom stereocenters. The van der Waals surface area contributed by atoms with Gasteiger partial charge >= 0.3 is 0 Å². The van der Waals surface area contributed by atoms with Crippen molar-refractivity contribution in [2.24, 2.45) is 0 Å². The molecule has 1 heteroatoms. The maximum Gasteiger partial charge on any atom is 0.0464 e. The molecular formula is C12H9N. The number of nitrogens with one attached hydrogen (secondary N) is 1. The maximum atomic E-state index is 3.38. The van der Waals surface area contributed by atoms with E-state index in [1.54, 1.807) is 0 Å². The summed E-state index contributed by atoms with van der Waals surface area (Å²) in [5, 5.41) is 2.61. The zero-order valence-corrected chi connectivity index (χ0v) is 7.12. The molecule has 0 aliphatic rings. The molecule has 0 amide bonds. The zero-order chi connectivity index (χ0) is 8.67. The van der Waals surface area contributed by atoms with Crippen LogP contribution in [0.2, 0.25) is 0 Å². The Morgan fingerprint density at radius 2 is 1.08 bits per heavy atom. The summed E-state index contributed by atoms with van der Waals surface area (Å²) in [4.78, 5) is 3.38. The van der Waals surface area contributed by atoms with Crippen LogP contribution in [0.25, 0.3) is 21.8 Å². The predicted octanol–water partition coefficient (Wildman–Crippen LogP) is 3.32. The van der Waals surface area contributed by atoms with Crippen molar-refractivity contribution in [3.05, 3.63) is 48.5 Å². The highest BCUT2D eigenvalue weighted by molar-refractivity contribution is 6.06. The van der Waals surface area contributed by atoms with Gasteiger partial charge in [-0.2, -0.15) is 0 Å². The second-order valence-corrected chi connectivity index (χ2v) is 3.22. The second kappa shape index (κ2) is 2.36. The van der Waals surface area contributed by atoms with E-state index in [0.717, 1.165) is 0 Å². The van der Waals surface area contributed by atoms with Gasteiger partial charge in [-0.3, -0.25) is 0 Å². The Balaban J connectivity index is 2.64. The molecule has 0 saturated heterocycles. The molecule has 2 aromatic carbocycles. The van der Waals surface area contributed by atoms with Crippen molar-refractivity contribution in [2.45, 2.75) is 0 Å². The van der Waals surface area contributed by atoms with E-state index in [1.165, 1.54) is 21.8 Å². The summed E-state index contributed by atoms with van der Waals surface area (Å²) in [6.45, 7) is 0. The van der Waals surface area contributed by atoms with Gasteiger partial charge in [0.05, 0.1) is 0 Å². The Labute approximate surface area is 76.0 Å². The van der Waals surface area contributed by atoms with Gasteiger partial charge < -0.3 is 4.98 Å². The first-order chi connectivity index (χ1) is 6.45. The van der Waals surface area contributed by atoms with E-state index in [9.17, 15) is 0 Å². The van der Waals surface area contributed by atoms with Crippen molar-refractivity contribution in [2.75, 3.05) is 0 Å². The largest absolute Gasteiger partial charge is 0.355 e. The average Bonchev–Trinajstić information content (AvgIpc) is 2.56. The molecular weight excluding hydrogens is 159 g/mol. The van der Waals surface area contributed by atoms with Crippen LogP contribution >= 0.6 is 0 Å². The SMILES string of the molecule is c1ccc2c(c1)[15nH]c1ccccc12. The number of rotatable bonds is 0. The Hall–Kier alpha value is -1.76. The van der Waals surface area contributed by atoms with Crippen LogP contribution in [0, 0.1) is 0 Å². The first kappa shape index (κ1) is 6.72. The van der Waals surface area contributed by atoms with E-state index in [0.29, 0.717) is 0 Å². The Morgan fingerprint density at radius 1 is 0.615 bits per heavy atom. The number of benzene rings is 2. The number of aromatic nitrogens is 1. The van der Waals surface area contributed by atoms with E-state index in [2.05, 4.69) is 53.5 Å². The number of hydrogen-bond acceptors (Lipinski definition) is 0. The lowest BCUT2D eigenvalue weighted by Crippen LogP contribution is -1.62. The highest BCUT2D eigenvalue weighted by atomic mass is 15.5. The van der Waals surface area contributed by atoms with Crippen LogP contribution in [0.1, 0.15) is 0 Å². The van der Waals surface area contributed by atoms with E-state index >= 15 is 0 Å². The van der Waals surface area contributed by atoms with Crippen LogP contribution < -0.4 is 0 Å². The molecule has 13 heavy (non-hydrogen) atoms. The summed E-state index contributed by atoms with van der Waals surface area (Å²) in [6, 6.07) is 16.8. The van der Waals surface area contributed by atoms with Crippen molar-refractivity contribution in [1.82, 2.24) is 4.98 Å². The van der Waals surface area contributed by atoms with E-state index in [1.807, 2.05) is 0 Å². The average molecular weight is 168 g/mol. The van der Waals surface area contributed by atoms with Crippen molar-refractivity contribution < 1.29 is 0 Å². The lowest BCUT2D eigenvalue weighted by atomic mass is 10.2. The van der Waals surface area contributed by atoms with Crippen LogP contribution in [-0.2, 0) is 0 Å². The summed E-state index contributed by atoms with van der Waals surface area (Å²) in [5.74, 6) is 0. The number of para-hydroxylation sites is 2. The summed E-state index contributed by atoms with van der Waals surface area (Å²) < 4.78 is 0. The van der Waals surface area contributed by atoms with E-state index in [4.69, 9.17) is 0 Å². The van der Waals surface area contributed by atoms with Gasteiger partial charge in [0, 0.05) is 21.8 Å². The summed E-state index contributed by atoms with van der Waals surface area (Å²) in [7, 11) is 0. The monoisotopic (exact) mass is 168 g/mol. The molecule has 0 radical (unpaired) electrons. The molecule has 1 heterocycles. The minimum Gasteiger partial charge on any atom is -0.355 e. The molecule has 3 rings (SSSR count). The Morgan fingerprint density at radius 3 is 1.62 bits per heavy atom. The molecule has 0 fully saturated rings. The third-order valence-electron chi connectivity index (χ3n) is 2.41. The smallest absolute Gasteiger partial charge is 0.0464 e. The molecule has 0 aliphatic carbocycles. The summed E-state index contributed by atoms with van der Waals surface area (Å²) >= 11 is 0. The lowest BCUT2D eigenvalue weighted by molar-refractivity contribution is 1.55. The highest BCUT2D eigenvalue weighted by Crippen LogP contribution is 2.24. The minimum atomic E-state index is 1.21. The highest BCUT2D eigenvalue weighted by Gasteiger charge is 2.00. The second-order valence-electron chi connectivity index (χ2n) is 3.22. The van der Waals surface area contributed by atoms with Crippen LogP contribution in [0.4, 0.5) is 0 Å². The third-order valence-corrected chi connectivity index (χ3v) is 2.41. The fraction of sp³-hybridized carbons (Fsp3) is 0. The van der Waals surface area contributed by atoms with Gasteiger partial charge in [-0.15, -0.1) is 0 Å². The minimum absolute atomic E-state index is 1.21. The van der Waals surface area contributed by atoms with Gasteiger partial charge in [-0.25, -0.2) is 0 Å². The molecule has 0 unspecified atom stereocenters. The lowest BCUT2D eigenvalue weighted by Gasteiger charge is -1.87. The van der Waals surface area contributed by atoms with Gasteiger partial charge in [0.2, 0.25) is 0 Å². The fourth-order valence-corrected chi connectivity index (χ4v) is 1.80. The molecule has 1 aromatic heterocycles. The summed E-state index contributed by atoms with van der Waals surface area (Å²) in [6.07, 6.45) is 0. The topological polar surface area (TPSA) is 15.8 Å². The molecule has 1 N–H and O–H groups in total. The van der Waals surface area contributed by atoms with Gasteiger partial charge in [0.15, 0.2) is 0 Å². The van der Waals surface area contributed by atoms with Crippen LogP contribution in [0.15, 0.2) is 48.5 Å². The third kappa shape index (κ3) is 0.872. The Bertz CT molecular complexity index is 513. The number of fused-ring (bicyclic) bond motifs is 3. The van der Waals surface area contributed by atoms with Gasteiger partial charge in [0.25, 0.3) is 0 Å². The molecule has 1 nitrogen and oxygen atoms in total. The predicted molar refractivity (Wildman–Crippen MR) is 55.8 cm³/mol. The number of H-pyrrole nitrogens is 1. The van der Waals surface area contributed by atoms with E-state index < -0.39 is 0 Å². The van der Waals surface area contributed by atoms with Crippen molar-refractivity contribution in [3.8, 4) is 0 Å². The summed E-state index contributed by atoms with van der Waals surface area (Å²) in [5.41, 5.74) is 2.42. The first-order valence-corrected chi connectivity index (χ1v) is 4.40. The number of hydrogen-bond donors (Lipinski definition) is 1. The molecule has 0 saturated carbocycles. The van der Waals surface area contributed by atoms with Crippen LogP contribution in [0.5, 0.6) is 0 Å². The first-order valence-electron chi connectivity index (χ1n) is 4.40. The quantitative estimate of drug-likeness (QED) is 0.530. The molecule has 0 spiro atoms. The Kier molecular flexibility index (Phi) is 1.22. The van der Waals surface area contributed by atoms with Crippen molar-refractivity contribution >= 4 is 21.8 Å². The number of aromatic amines is 1. The molecule has 0 aliphatic heterocycles. The fourth-order valence-electron chi connectivity index (χ4n) is 1.80. The van der Waals surface area contributed by atoms with E-state index in [-0.39, 0.29) is 0 Å². The van der Waals surface area contributed by atoms with Gasteiger partial charge in [-0.1, -0.05) is 36.4 Å². The van der Waals surface area contributed by atoms with Crippen molar-refractivity contribution in [3.63, 3.8) is 0 Å². The normalized spacial score (nSPS) is 11.1. The van der Waals surface area contributed by atoms with Gasteiger partial charge in [0.1, 0.15) is 0 Å². The van der Waals surface area contributed by atoms with Crippen LogP contribution in [0.3, 0.4) is 0 Å². The standard InChI is InChI=1S/C12H9N/c1-3-7-11-9(5-1)10-6-2-4-8-12(10)13-11/h1-8,13H/i13+1. The van der Waals surface area contributed by atoms with Gasteiger partial charge in [-0.05, 0) is 12.1 Å². The maximum absolute atomic E-state index is 3.38. The van der Waals surface area contributed by atoms with Crippen molar-refractivity contribution in [1.29, 1.82) is 0 Å². The van der Waals surface area contributed by atoms with Crippen LogP contribution in [-0.4, -0.2) is 4.98 Å². The molecule has 0 bridgehead atoms.